The Balaban J connectivity index is 1.62. The van der Waals surface area contributed by atoms with Gasteiger partial charge in [0.25, 0.3) is 0 Å². The third-order valence-corrected chi connectivity index (χ3v) is 3.66. The van der Waals surface area contributed by atoms with Gasteiger partial charge < -0.3 is 14.6 Å². The zero-order valence-electron chi connectivity index (χ0n) is 12.4. The number of nitrogens with zero attached hydrogens (tertiary/aromatic N) is 1. The lowest BCUT2D eigenvalue weighted by molar-refractivity contribution is 0.101. The van der Waals surface area contributed by atoms with Gasteiger partial charge in [0.2, 0.25) is 0 Å². The highest BCUT2D eigenvalue weighted by Gasteiger charge is 2.14. The van der Waals surface area contributed by atoms with Gasteiger partial charge in [-0.1, -0.05) is 13.8 Å². The fourth-order valence-electron chi connectivity index (χ4n) is 2.61. The summed E-state index contributed by atoms with van der Waals surface area (Å²) in [5, 5.41) is 3.48. The molecule has 0 saturated carbocycles. The standard InChI is InChI=1S/C16H28N2O/c1-14(2)11-17-12-15-7-9-18(13-15)8-3-5-16-6-4-10-19-16/h7,9,13-14,16-17H,3-6,8,10-12H2,1-2H3. The van der Waals surface area contributed by atoms with Gasteiger partial charge in [0.1, 0.15) is 0 Å². The molecule has 1 atom stereocenters. The molecule has 1 aromatic heterocycles. The van der Waals surface area contributed by atoms with Gasteiger partial charge in [0.05, 0.1) is 6.10 Å². The lowest BCUT2D eigenvalue weighted by Gasteiger charge is -2.09. The van der Waals surface area contributed by atoms with E-state index in [1.807, 2.05) is 0 Å². The van der Waals surface area contributed by atoms with Crippen molar-refractivity contribution in [1.29, 1.82) is 0 Å². The van der Waals surface area contributed by atoms with Crippen LogP contribution in [-0.4, -0.2) is 23.8 Å². The second-order valence-electron chi connectivity index (χ2n) is 6.06. The summed E-state index contributed by atoms with van der Waals surface area (Å²) in [5.41, 5.74) is 1.39. The Kier molecular flexibility index (Phi) is 5.93. The van der Waals surface area contributed by atoms with E-state index in [2.05, 4.69) is 42.2 Å². The van der Waals surface area contributed by atoms with Crippen molar-refractivity contribution in [1.82, 2.24) is 9.88 Å². The van der Waals surface area contributed by atoms with Crippen LogP contribution in [0.4, 0.5) is 0 Å². The molecule has 0 amide bonds. The van der Waals surface area contributed by atoms with Gasteiger partial charge in [-0.05, 0) is 49.8 Å². The average molecular weight is 264 g/mol. The Hall–Kier alpha value is -0.800. The molecule has 1 N–H and O–H groups in total. The maximum absolute atomic E-state index is 5.65. The minimum atomic E-state index is 0.530. The molecule has 2 rings (SSSR count). The molecule has 1 aromatic rings. The Morgan fingerprint density at radius 2 is 2.37 bits per heavy atom. The van der Waals surface area contributed by atoms with E-state index >= 15 is 0 Å². The van der Waals surface area contributed by atoms with Crippen LogP contribution in [0.15, 0.2) is 18.5 Å². The summed E-state index contributed by atoms with van der Waals surface area (Å²) in [7, 11) is 0. The van der Waals surface area contributed by atoms with Crippen molar-refractivity contribution in [2.24, 2.45) is 5.92 Å². The summed E-state index contributed by atoms with van der Waals surface area (Å²) in [6, 6.07) is 2.22. The van der Waals surface area contributed by atoms with Crippen molar-refractivity contribution >= 4 is 0 Å². The van der Waals surface area contributed by atoms with Gasteiger partial charge in [-0.15, -0.1) is 0 Å². The molecule has 3 nitrogen and oxygen atoms in total. The second kappa shape index (κ2) is 7.71. The molecule has 108 valence electrons. The fraction of sp³-hybridized carbons (Fsp3) is 0.750. The van der Waals surface area contributed by atoms with Crippen molar-refractivity contribution in [2.45, 2.75) is 58.7 Å². The number of nitrogens with one attached hydrogen (secondary N) is 1. The molecule has 2 heterocycles. The van der Waals surface area contributed by atoms with Gasteiger partial charge in [0.15, 0.2) is 0 Å². The average Bonchev–Trinajstić information content (AvgIpc) is 3.00. The summed E-state index contributed by atoms with van der Waals surface area (Å²) in [4.78, 5) is 0. The molecular weight excluding hydrogens is 236 g/mol. The molecule has 1 aliphatic heterocycles. The van der Waals surface area contributed by atoms with Crippen LogP contribution in [0.2, 0.25) is 0 Å². The predicted octanol–water partition coefficient (Wildman–Crippen LogP) is 3.19. The van der Waals surface area contributed by atoms with Crippen LogP contribution in [0.1, 0.15) is 45.1 Å². The van der Waals surface area contributed by atoms with Crippen LogP contribution in [0, 0.1) is 5.92 Å². The monoisotopic (exact) mass is 264 g/mol. The highest BCUT2D eigenvalue weighted by atomic mass is 16.5. The van der Waals surface area contributed by atoms with Crippen LogP contribution < -0.4 is 5.32 Å². The van der Waals surface area contributed by atoms with Crippen molar-refractivity contribution in [3.63, 3.8) is 0 Å². The molecule has 0 bridgehead atoms. The van der Waals surface area contributed by atoms with E-state index in [0.29, 0.717) is 12.0 Å². The first-order chi connectivity index (χ1) is 9.24. The third-order valence-electron chi connectivity index (χ3n) is 3.66. The molecule has 1 aliphatic rings. The first-order valence-electron chi connectivity index (χ1n) is 7.71. The van der Waals surface area contributed by atoms with Gasteiger partial charge >= 0.3 is 0 Å². The minimum Gasteiger partial charge on any atom is -0.378 e. The molecule has 0 spiro atoms. The number of rotatable bonds is 8. The highest BCUT2D eigenvalue weighted by molar-refractivity contribution is 5.09. The zero-order chi connectivity index (χ0) is 13.5. The maximum atomic E-state index is 5.65. The van der Waals surface area contributed by atoms with Crippen LogP contribution in [0.25, 0.3) is 0 Å². The van der Waals surface area contributed by atoms with E-state index in [-0.39, 0.29) is 0 Å². The summed E-state index contributed by atoms with van der Waals surface area (Å²) >= 11 is 0. The van der Waals surface area contributed by atoms with E-state index in [1.54, 1.807) is 0 Å². The van der Waals surface area contributed by atoms with Gasteiger partial charge in [-0.3, -0.25) is 0 Å². The Labute approximate surface area is 117 Å². The largest absolute Gasteiger partial charge is 0.378 e. The number of hydrogen-bond acceptors (Lipinski definition) is 2. The molecule has 0 aromatic carbocycles. The van der Waals surface area contributed by atoms with Gasteiger partial charge in [-0.2, -0.15) is 0 Å². The van der Waals surface area contributed by atoms with E-state index in [9.17, 15) is 0 Å². The van der Waals surface area contributed by atoms with Crippen LogP contribution in [-0.2, 0) is 17.8 Å². The summed E-state index contributed by atoms with van der Waals surface area (Å²) in [6.45, 7) is 8.64. The second-order valence-corrected chi connectivity index (χ2v) is 6.06. The maximum Gasteiger partial charge on any atom is 0.0576 e. The lowest BCUT2D eigenvalue weighted by atomic mass is 10.1. The zero-order valence-corrected chi connectivity index (χ0v) is 12.4. The number of hydrogen-bond donors (Lipinski definition) is 1. The van der Waals surface area contributed by atoms with E-state index < -0.39 is 0 Å². The lowest BCUT2D eigenvalue weighted by Crippen LogP contribution is -2.18. The number of aromatic nitrogens is 1. The highest BCUT2D eigenvalue weighted by Crippen LogP contribution is 2.17. The summed E-state index contributed by atoms with van der Waals surface area (Å²) in [5.74, 6) is 0.716. The normalized spacial score (nSPS) is 19.4. The Morgan fingerprint density at radius 1 is 1.47 bits per heavy atom. The molecule has 0 aliphatic carbocycles. The topological polar surface area (TPSA) is 26.2 Å². The van der Waals surface area contributed by atoms with Gasteiger partial charge in [-0.25, -0.2) is 0 Å². The van der Waals surface area contributed by atoms with E-state index in [4.69, 9.17) is 4.74 Å². The van der Waals surface area contributed by atoms with Crippen LogP contribution in [0.5, 0.6) is 0 Å². The van der Waals surface area contributed by atoms with Crippen molar-refractivity contribution in [3.8, 4) is 0 Å². The predicted molar refractivity (Wildman–Crippen MR) is 79.2 cm³/mol. The SMILES string of the molecule is CC(C)CNCc1ccn(CCCC2CCCO2)c1. The first kappa shape index (κ1) is 14.6. The van der Waals surface area contributed by atoms with E-state index in [1.165, 1.54) is 31.2 Å². The first-order valence-corrected chi connectivity index (χ1v) is 7.71. The Morgan fingerprint density at radius 3 is 3.11 bits per heavy atom. The number of ether oxygens (including phenoxy) is 1. The minimum absolute atomic E-state index is 0.530. The molecule has 0 radical (unpaired) electrons. The molecule has 3 heteroatoms. The molecule has 1 fully saturated rings. The number of aryl methyl sites for hydroxylation is 1. The molecule has 1 unspecified atom stereocenters. The Bertz CT molecular complexity index is 353. The fourth-order valence-corrected chi connectivity index (χ4v) is 2.61. The molecule has 19 heavy (non-hydrogen) atoms. The van der Waals surface area contributed by atoms with E-state index in [0.717, 1.165) is 26.2 Å². The van der Waals surface area contributed by atoms with Crippen molar-refractivity contribution in [3.05, 3.63) is 24.0 Å². The molecular formula is C16H28N2O. The quantitative estimate of drug-likeness (QED) is 0.780. The van der Waals surface area contributed by atoms with Crippen molar-refractivity contribution in [2.75, 3.05) is 13.2 Å². The van der Waals surface area contributed by atoms with Crippen molar-refractivity contribution < 1.29 is 4.74 Å². The molecule has 1 saturated heterocycles. The summed E-state index contributed by atoms with van der Waals surface area (Å²) in [6.07, 6.45) is 9.93. The third kappa shape index (κ3) is 5.37. The summed E-state index contributed by atoms with van der Waals surface area (Å²) < 4.78 is 7.96. The van der Waals surface area contributed by atoms with Gasteiger partial charge in [0, 0.05) is 32.1 Å². The smallest absolute Gasteiger partial charge is 0.0576 e. The van der Waals surface area contributed by atoms with Crippen LogP contribution in [0.3, 0.4) is 0 Å². The van der Waals surface area contributed by atoms with Crippen LogP contribution >= 0.6 is 0 Å².